The first-order valence-electron chi connectivity index (χ1n) is 5.15. The molecule has 0 aliphatic heterocycles. The number of rotatable bonds is 4. The third kappa shape index (κ3) is 4.87. The van der Waals surface area contributed by atoms with Gasteiger partial charge in [0.25, 0.3) is 0 Å². The van der Waals surface area contributed by atoms with E-state index in [2.05, 4.69) is 43.4 Å². The van der Waals surface area contributed by atoms with Gasteiger partial charge in [-0.2, -0.15) is 0 Å². The standard InChI is InChI=1S/C10H23N2S.HI/c1-6-11(7-2)10(13-5)12(8-3)9-4;/h6-9H2,1-5H3;1H/q+1;/p-1. The van der Waals surface area contributed by atoms with Gasteiger partial charge in [0.15, 0.2) is 0 Å². The zero-order valence-electron chi connectivity index (χ0n) is 10.0. The largest absolute Gasteiger partial charge is 1.00 e. The molecule has 0 fully saturated rings. The maximum atomic E-state index is 2.41. The van der Waals surface area contributed by atoms with E-state index in [1.807, 2.05) is 11.8 Å². The van der Waals surface area contributed by atoms with Gasteiger partial charge < -0.3 is 24.0 Å². The Morgan fingerprint density at radius 1 is 1.07 bits per heavy atom. The fraction of sp³-hybridized carbons (Fsp3) is 0.900. The minimum atomic E-state index is 0. The van der Waals surface area contributed by atoms with E-state index < -0.39 is 0 Å². The Balaban J connectivity index is 0. The minimum absolute atomic E-state index is 0. The number of hydrogen-bond donors (Lipinski definition) is 0. The van der Waals surface area contributed by atoms with Crippen LogP contribution in [0, 0.1) is 0 Å². The monoisotopic (exact) mass is 330 g/mol. The number of amidine groups is 1. The molecule has 0 heterocycles. The lowest BCUT2D eigenvalue weighted by molar-refractivity contribution is -0.522. The lowest BCUT2D eigenvalue weighted by Crippen LogP contribution is -3.00. The lowest BCUT2D eigenvalue weighted by Gasteiger charge is -2.17. The van der Waals surface area contributed by atoms with E-state index >= 15 is 0 Å². The first-order chi connectivity index (χ1) is 6.24. The van der Waals surface area contributed by atoms with Crippen molar-refractivity contribution >= 4 is 16.9 Å². The van der Waals surface area contributed by atoms with Gasteiger partial charge in [-0.15, -0.1) is 0 Å². The third-order valence-electron chi connectivity index (χ3n) is 2.25. The number of hydrogen-bond acceptors (Lipinski definition) is 1. The van der Waals surface area contributed by atoms with E-state index in [0.29, 0.717) is 0 Å². The Labute approximate surface area is 110 Å². The Bertz CT molecular complexity index is 162. The number of halogens is 1. The predicted molar refractivity (Wildman–Crippen MR) is 62.8 cm³/mol. The predicted octanol–water partition coefficient (Wildman–Crippen LogP) is -0.896. The van der Waals surface area contributed by atoms with Crippen molar-refractivity contribution in [3.05, 3.63) is 0 Å². The highest BCUT2D eigenvalue weighted by atomic mass is 127. The van der Waals surface area contributed by atoms with Crippen LogP contribution in [-0.4, -0.2) is 47.1 Å². The summed E-state index contributed by atoms with van der Waals surface area (Å²) in [5.74, 6) is 0. The molecule has 0 aromatic heterocycles. The number of thioether (sulfide) groups is 1. The van der Waals surface area contributed by atoms with E-state index in [4.69, 9.17) is 0 Å². The smallest absolute Gasteiger partial charge is 0.308 e. The van der Waals surface area contributed by atoms with Gasteiger partial charge in [-0.1, -0.05) is 0 Å². The van der Waals surface area contributed by atoms with Crippen molar-refractivity contribution < 1.29 is 28.6 Å². The molecular weight excluding hydrogens is 307 g/mol. The van der Waals surface area contributed by atoms with Crippen molar-refractivity contribution in [3.63, 3.8) is 0 Å². The maximum absolute atomic E-state index is 2.41. The molecule has 0 aromatic carbocycles. The molecule has 0 aliphatic carbocycles. The lowest BCUT2D eigenvalue weighted by atomic mass is 10.5. The zero-order valence-corrected chi connectivity index (χ0v) is 13.0. The molecule has 0 rings (SSSR count). The quantitative estimate of drug-likeness (QED) is 0.285. The van der Waals surface area contributed by atoms with Crippen molar-refractivity contribution in [2.75, 3.05) is 32.4 Å². The molecule has 86 valence electrons. The highest BCUT2D eigenvalue weighted by Gasteiger charge is 2.16. The van der Waals surface area contributed by atoms with Gasteiger partial charge in [0.05, 0.1) is 26.2 Å². The van der Waals surface area contributed by atoms with Gasteiger partial charge in [0.1, 0.15) is 0 Å². The SMILES string of the molecule is CCN(CC)C(SC)=[N+](CC)CC.[I-]. The highest BCUT2D eigenvalue weighted by molar-refractivity contribution is 8.12. The average molecular weight is 330 g/mol. The highest BCUT2D eigenvalue weighted by Crippen LogP contribution is 2.04. The summed E-state index contributed by atoms with van der Waals surface area (Å²) in [6.07, 6.45) is 2.16. The summed E-state index contributed by atoms with van der Waals surface area (Å²) in [6.45, 7) is 13.2. The van der Waals surface area contributed by atoms with E-state index in [1.54, 1.807) is 0 Å². The van der Waals surface area contributed by atoms with Crippen LogP contribution in [0.25, 0.3) is 0 Å². The Morgan fingerprint density at radius 2 is 1.50 bits per heavy atom. The van der Waals surface area contributed by atoms with Gasteiger partial charge in [0.2, 0.25) is 0 Å². The van der Waals surface area contributed by atoms with Crippen LogP contribution < -0.4 is 24.0 Å². The molecule has 0 aromatic rings. The van der Waals surface area contributed by atoms with Crippen LogP contribution in [0.5, 0.6) is 0 Å². The topological polar surface area (TPSA) is 6.25 Å². The summed E-state index contributed by atoms with van der Waals surface area (Å²) < 4.78 is 2.41. The molecule has 0 atom stereocenters. The zero-order chi connectivity index (χ0) is 10.3. The maximum Gasteiger partial charge on any atom is 0.308 e. The second kappa shape index (κ2) is 10.1. The second-order valence-corrected chi connectivity index (χ2v) is 3.60. The van der Waals surface area contributed by atoms with E-state index in [0.717, 1.165) is 26.2 Å². The summed E-state index contributed by atoms with van der Waals surface area (Å²) in [6, 6.07) is 0. The third-order valence-corrected chi connectivity index (χ3v) is 3.13. The van der Waals surface area contributed by atoms with E-state index in [-0.39, 0.29) is 24.0 Å². The fourth-order valence-corrected chi connectivity index (χ4v) is 2.48. The molecule has 0 saturated carbocycles. The molecule has 0 spiro atoms. The van der Waals surface area contributed by atoms with Gasteiger partial charge in [-0.3, -0.25) is 9.48 Å². The van der Waals surface area contributed by atoms with Gasteiger partial charge >= 0.3 is 5.17 Å². The van der Waals surface area contributed by atoms with Crippen molar-refractivity contribution in [3.8, 4) is 0 Å². The van der Waals surface area contributed by atoms with Crippen LogP contribution in [0.4, 0.5) is 0 Å². The van der Waals surface area contributed by atoms with Gasteiger partial charge in [-0.05, 0) is 45.7 Å². The summed E-state index contributed by atoms with van der Waals surface area (Å²) in [5.41, 5.74) is 0. The molecule has 0 saturated heterocycles. The van der Waals surface area contributed by atoms with Crippen LogP contribution in [0.2, 0.25) is 0 Å². The normalized spacial score (nSPS) is 9.21. The average Bonchev–Trinajstić information content (AvgIpc) is 2.18. The Kier molecular flexibility index (Phi) is 12.2. The van der Waals surface area contributed by atoms with Crippen LogP contribution >= 0.6 is 11.8 Å². The molecule has 0 bridgehead atoms. The summed E-state index contributed by atoms with van der Waals surface area (Å²) in [7, 11) is 0. The molecule has 0 aliphatic rings. The van der Waals surface area contributed by atoms with Crippen LogP contribution in [0.15, 0.2) is 0 Å². The van der Waals surface area contributed by atoms with Crippen molar-refractivity contribution in [1.29, 1.82) is 0 Å². The van der Waals surface area contributed by atoms with Crippen molar-refractivity contribution in [2.24, 2.45) is 0 Å². The first-order valence-corrected chi connectivity index (χ1v) is 6.38. The first kappa shape index (κ1) is 17.0. The van der Waals surface area contributed by atoms with Crippen LogP contribution in [-0.2, 0) is 0 Å². The Morgan fingerprint density at radius 3 is 1.71 bits per heavy atom. The van der Waals surface area contributed by atoms with Crippen LogP contribution in [0.3, 0.4) is 0 Å². The molecule has 0 amide bonds. The van der Waals surface area contributed by atoms with Gasteiger partial charge in [0, 0.05) is 0 Å². The fourth-order valence-electron chi connectivity index (χ4n) is 1.45. The molecule has 2 nitrogen and oxygen atoms in total. The van der Waals surface area contributed by atoms with E-state index in [1.165, 1.54) is 5.17 Å². The molecule has 14 heavy (non-hydrogen) atoms. The molecule has 4 heteroatoms. The molecular formula is C10H23IN2S. The summed E-state index contributed by atoms with van der Waals surface area (Å²) in [5, 5.41) is 1.41. The number of nitrogens with zero attached hydrogens (tertiary/aromatic N) is 2. The van der Waals surface area contributed by atoms with Crippen molar-refractivity contribution in [1.82, 2.24) is 4.90 Å². The molecule has 0 N–H and O–H groups in total. The molecule has 0 radical (unpaired) electrons. The van der Waals surface area contributed by atoms with Crippen LogP contribution in [0.1, 0.15) is 27.7 Å². The van der Waals surface area contributed by atoms with Gasteiger partial charge in [-0.25, -0.2) is 0 Å². The van der Waals surface area contributed by atoms with Crippen molar-refractivity contribution in [2.45, 2.75) is 27.7 Å². The summed E-state index contributed by atoms with van der Waals surface area (Å²) in [4.78, 5) is 2.41. The second-order valence-electron chi connectivity index (χ2n) is 2.83. The van der Waals surface area contributed by atoms with E-state index in [9.17, 15) is 0 Å². The molecule has 0 unspecified atom stereocenters. The minimum Gasteiger partial charge on any atom is -1.00 e. The summed E-state index contributed by atoms with van der Waals surface area (Å²) >= 11 is 1.85. The Hall–Kier alpha value is 0.550.